The molecule has 0 bridgehead atoms. The van der Waals surface area contributed by atoms with Crippen molar-refractivity contribution in [2.24, 2.45) is 0 Å². The number of halogens is 1. The van der Waals surface area contributed by atoms with Crippen LogP contribution in [0.5, 0.6) is 0 Å². The first-order valence-corrected chi connectivity index (χ1v) is 9.52. The molecule has 0 amide bonds. The third-order valence-corrected chi connectivity index (χ3v) is 6.63. The van der Waals surface area contributed by atoms with Crippen LogP contribution < -0.4 is 15.3 Å². The highest BCUT2D eigenvalue weighted by Gasteiger charge is 2.19. The predicted octanol–water partition coefficient (Wildman–Crippen LogP) is 4.78. The molecule has 0 atom stereocenters. The van der Waals surface area contributed by atoms with Gasteiger partial charge in [0.1, 0.15) is 0 Å². The van der Waals surface area contributed by atoms with Gasteiger partial charge < -0.3 is 4.67 Å². The summed E-state index contributed by atoms with van der Waals surface area (Å²) in [5, 5.41) is 2.73. The van der Waals surface area contributed by atoms with Gasteiger partial charge in [0.05, 0.1) is 8.07 Å². The Morgan fingerprint density at radius 1 is 0.682 bits per heavy atom. The lowest BCUT2D eigenvalue weighted by molar-refractivity contribution is 1.34. The first-order chi connectivity index (χ1) is 10.8. The monoisotopic (exact) mass is 417 g/mol. The van der Waals surface area contributed by atoms with Crippen LogP contribution in [0, 0.1) is 3.57 Å². The smallest absolute Gasteiger partial charge is 0.0547 e. The fraction of sp³-hybridized carbons (Fsp3) is 0.0526. The van der Waals surface area contributed by atoms with Crippen LogP contribution in [0.25, 0.3) is 0 Å². The molecule has 3 aromatic rings. The highest BCUT2D eigenvalue weighted by Crippen LogP contribution is 2.40. The molecule has 0 N–H and O–H groups in total. The quantitative estimate of drug-likeness (QED) is 0.437. The second-order valence-electron chi connectivity index (χ2n) is 4.98. The molecule has 3 aromatic carbocycles. The van der Waals surface area contributed by atoms with Crippen molar-refractivity contribution < 1.29 is 0 Å². The molecule has 3 rings (SSSR count). The molecule has 0 aromatic heterocycles. The zero-order valence-electron chi connectivity index (χ0n) is 12.4. The Bertz CT molecular complexity index is 674. The first kappa shape index (κ1) is 15.5. The normalized spacial score (nSPS) is 10.7. The van der Waals surface area contributed by atoms with E-state index < -0.39 is 8.07 Å². The zero-order valence-corrected chi connectivity index (χ0v) is 15.4. The Morgan fingerprint density at radius 3 is 1.59 bits per heavy atom. The van der Waals surface area contributed by atoms with Gasteiger partial charge in [0.25, 0.3) is 0 Å². The van der Waals surface area contributed by atoms with Crippen LogP contribution in [-0.2, 0) is 0 Å². The summed E-state index contributed by atoms with van der Waals surface area (Å²) in [5.41, 5.74) is 1.25. The van der Waals surface area contributed by atoms with Gasteiger partial charge in [-0.1, -0.05) is 60.7 Å². The number of benzene rings is 3. The first-order valence-electron chi connectivity index (χ1n) is 7.15. The maximum atomic E-state index is 2.40. The number of nitrogens with zero attached hydrogens (tertiary/aromatic N) is 1. The lowest BCUT2D eigenvalue weighted by atomic mass is 10.3. The summed E-state index contributed by atoms with van der Waals surface area (Å²) >= 11 is 2.35. The maximum absolute atomic E-state index is 2.40. The minimum Gasteiger partial charge on any atom is -0.346 e. The van der Waals surface area contributed by atoms with Gasteiger partial charge in [-0.05, 0) is 46.9 Å². The molecule has 3 heteroatoms. The summed E-state index contributed by atoms with van der Waals surface area (Å²) in [6.07, 6.45) is 0. The van der Waals surface area contributed by atoms with E-state index in [9.17, 15) is 0 Å². The number of hydrogen-bond donors (Lipinski definition) is 0. The lowest BCUT2D eigenvalue weighted by Gasteiger charge is -2.30. The van der Waals surface area contributed by atoms with E-state index in [1.54, 1.807) is 0 Å². The van der Waals surface area contributed by atoms with E-state index >= 15 is 0 Å². The summed E-state index contributed by atoms with van der Waals surface area (Å²) in [6, 6.07) is 30.3. The van der Waals surface area contributed by atoms with Crippen molar-refractivity contribution in [2.75, 3.05) is 11.7 Å². The van der Waals surface area contributed by atoms with Crippen LogP contribution in [0.3, 0.4) is 0 Å². The van der Waals surface area contributed by atoms with Crippen LogP contribution in [0.15, 0.2) is 84.9 Å². The largest absolute Gasteiger partial charge is 0.346 e. The van der Waals surface area contributed by atoms with Gasteiger partial charge in [-0.15, -0.1) is 0 Å². The highest BCUT2D eigenvalue weighted by molar-refractivity contribution is 14.1. The van der Waals surface area contributed by atoms with E-state index in [1.165, 1.54) is 19.9 Å². The molecule has 0 fully saturated rings. The minimum atomic E-state index is -0.567. The van der Waals surface area contributed by atoms with E-state index in [4.69, 9.17) is 0 Å². The zero-order chi connectivity index (χ0) is 15.4. The third-order valence-electron chi connectivity index (χ3n) is 3.50. The van der Waals surface area contributed by atoms with Gasteiger partial charge in [0.15, 0.2) is 0 Å². The minimum absolute atomic E-state index is 0.567. The van der Waals surface area contributed by atoms with Gasteiger partial charge in [0, 0.05) is 26.9 Å². The van der Waals surface area contributed by atoms with Crippen LogP contribution in [0.1, 0.15) is 0 Å². The Morgan fingerprint density at radius 2 is 1.14 bits per heavy atom. The van der Waals surface area contributed by atoms with Crippen molar-refractivity contribution in [3.8, 4) is 0 Å². The molecule has 1 nitrogen and oxygen atoms in total. The van der Waals surface area contributed by atoms with Gasteiger partial charge in [0.2, 0.25) is 0 Å². The average molecular weight is 417 g/mol. The molecule has 0 radical (unpaired) electrons. The summed E-state index contributed by atoms with van der Waals surface area (Å²) in [5.74, 6) is 0. The fourth-order valence-corrected chi connectivity index (χ4v) is 5.03. The molecular weight excluding hydrogens is 400 g/mol. The SMILES string of the molecule is CN(c1ccc(I)cc1)P(c1ccccc1)c1ccccc1. The number of anilines is 1. The molecular formula is C19H17INP. The Hall–Kier alpha value is -1.38. The Kier molecular flexibility index (Phi) is 5.12. The van der Waals surface area contributed by atoms with Crippen molar-refractivity contribution >= 4 is 47.0 Å². The van der Waals surface area contributed by atoms with E-state index in [-0.39, 0.29) is 0 Å². The van der Waals surface area contributed by atoms with Crippen molar-refractivity contribution in [3.63, 3.8) is 0 Å². The van der Waals surface area contributed by atoms with Crippen molar-refractivity contribution in [1.82, 2.24) is 0 Å². The summed E-state index contributed by atoms with van der Waals surface area (Å²) < 4.78 is 3.66. The van der Waals surface area contributed by atoms with E-state index in [1.807, 2.05) is 0 Å². The molecule has 22 heavy (non-hydrogen) atoms. The molecule has 0 saturated heterocycles. The second-order valence-corrected chi connectivity index (χ2v) is 8.48. The summed E-state index contributed by atoms with van der Waals surface area (Å²) in [7, 11) is 1.62. The average Bonchev–Trinajstić information content (AvgIpc) is 2.57. The standard InChI is InChI=1S/C19H17INP/c1-21(17-14-12-16(20)13-15-17)22(18-8-4-2-5-9-18)19-10-6-3-7-11-19/h2-15H,1H3. The molecule has 0 heterocycles. The molecule has 110 valence electrons. The highest BCUT2D eigenvalue weighted by atomic mass is 127. The molecule has 0 saturated carbocycles. The Balaban J connectivity index is 2.04. The van der Waals surface area contributed by atoms with E-state index in [0.717, 1.165) is 0 Å². The molecule has 0 aliphatic rings. The predicted molar refractivity (Wildman–Crippen MR) is 107 cm³/mol. The molecule has 0 unspecified atom stereocenters. The molecule has 0 spiro atoms. The number of hydrogen-bond acceptors (Lipinski definition) is 1. The van der Waals surface area contributed by atoms with Gasteiger partial charge in [-0.2, -0.15) is 0 Å². The fourth-order valence-electron chi connectivity index (χ4n) is 2.41. The van der Waals surface area contributed by atoms with Gasteiger partial charge >= 0.3 is 0 Å². The van der Waals surface area contributed by atoms with E-state index in [2.05, 4.69) is 119 Å². The van der Waals surface area contributed by atoms with Gasteiger partial charge in [-0.3, -0.25) is 0 Å². The van der Waals surface area contributed by atoms with Crippen LogP contribution >= 0.6 is 30.7 Å². The topological polar surface area (TPSA) is 3.24 Å². The third kappa shape index (κ3) is 3.50. The summed E-state index contributed by atoms with van der Waals surface area (Å²) in [6.45, 7) is 0. The molecule has 0 aliphatic heterocycles. The Labute approximate surface area is 146 Å². The summed E-state index contributed by atoms with van der Waals surface area (Å²) in [4.78, 5) is 0. The van der Waals surface area contributed by atoms with Crippen LogP contribution in [0.2, 0.25) is 0 Å². The number of rotatable bonds is 4. The van der Waals surface area contributed by atoms with Crippen molar-refractivity contribution in [1.29, 1.82) is 0 Å². The van der Waals surface area contributed by atoms with Crippen LogP contribution in [-0.4, -0.2) is 7.05 Å². The van der Waals surface area contributed by atoms with Gasteiger partial charge in [-0.25, -0.2) is 0 Å². The van der Waals surface area contributed by atoms with Crippen LogP contribution in [0.4, 0.5) is 5.69 Å². The maximum Gasteiger partial charge on any atom is 0.0547 e. The lowest BCUT2D eigenvalue weighted by Crippen LogP contribution is -2.25. The van der Waals surface area contributed by atoms with Crippen molar-refractivity contribution in [2.45, 2.75) is 0 Å². The van der Waals surface area contributed by atoms with Crippen molar-refractivity contribution in [3.05, 3.63) is 88.5 Å². The molecule has 0 aliphatic carbocycles. The second kappa shape index (κ2) is 7.26. The van der Waals surface area contributed by atoms with E-state index in [0.29, 0.717) is 0 Å².